The molecule has 2 aromatic carbocycles. The summed E-state index contributed by atoms with van der Waals surface area (Å²) in [6.45, 7) is 0.447. The molecule has 0 radical (unpaired) electrons. The number of anilines is 1. The number of aromatic nitrogens is 4. The minimum absolute atomic E-state index is 0.356. The third kappa shape index (κ3) is 3.38. The summed E-state index contributed by atoms with van der Waals surface area (Å²) in [4.78, 5) is 8.45. The number of hydrogen-bond donors (Lipinski definition) is 3. The third-order valence-corrected chi connectivity index (χ3v) is 4.54. The van der Waals surface area contributed by atoms with Crippen molar-refractivity contribution in [1.29, 1.82) is 0 Å². The highest BCUT2D eigenvalue weighted by molar-refractivity contribution is 6.58. The van der Waals surface area contributed by atoms with Crippen LogP contribution in [0.4, 0.5) is 5.82 Å². The van der Waals surface area contributed by atoms with Crippen LogP contribution in [-0.4, -0.2) is 36.9 Å². The molecule has 134 valence electrons. The highest BCUT2D eigenvalue weighted by atomic mass is 35.5. The lowest BCUT2D eigenvalue weighted by Crippen LogP contribution is -2.29. The van der Waals surface area contributed by atoms with E-state index >= 15 is 0 Å². The number of fused-ring (bicyclic) bond motifs is 1. The van der Waals surface area contributed by atoms with Gasteiger partial charge in [-0.1, -0.05) is 48.0 Å². The molecule has 4 rings (SSSR count). The molecule has 4 N–H and O–H groups in total. The monoisotopic (exact) mass is 379 g/mol. The van der Waals surface area contributed by atoms with E-state index in [0.717, 1.165) is 11.1 Å². The minimum atomic E-state index is -1.49. The predicted octanol–water partition coefficient (Wildman–Crippen LogP) is 1.46. The van der Waals surface area contributed by atoms with Crippen molar-refractivity contribution in [1.82, 2.24) is 19.7 Å². The van der Waals surface area contributed by atoms with Gasteiger partial charge in [-0.05, 0) is 23.2 Å². The van der Waals surface area contributed by atoms with Crippen molar-refractivity contribution in [2.45, 2.75) is 6.54 Å². The van der Waals surface area contributed by atoms with E-state index in [1.54, 1.807) is 28.9 Å². The molecule has 4 aromatic rings. The van der Waals surface area contributed by atoms with E-state index in [4.69, 9.17) is 22.4 Å². The summed E-state index contributed by atoms with van der Waals surface area (Å²) in [5.41, 5.74) is 9.63. The van der Waals surface area contributed by atoms with Gasteiger partial charge in [0.2, 0.25) is 0 Å². The fourth-order valence-electron chi connectivity index (χ4n) is 2.92. The molecular weight excluding hydrogens is 364 g/mol. The smallest absolute Gasteiger partial charge is 0.423 e. The van der Waals surface area contributed by atoms with Gasteiger partial charge in [-0.3, -0.25) is 0 Å². The van der Waals surface area contributed by atoms with Gasteiger partial charge >= 0.3 is 7.12 Å². The molecule has 0 fully saturated rings. The Hall–Kier alpha value is -2.94. The van der Waals surface area contributed by atoms with Crippen molar-refractivity contribution in [2.24, 2.45) is 0 Å². The summed E-state index contributed by atoms with van der Waals surface area (Å²) >= 11 is 5.99. The van der Waals surface area contributed by atoms with Crippen LogP contribution in [0.1, 0.15) is 5.56 Å². The van der Waals surface area contributed by atoms with Gasteiger partial charge in [0.15, 0.2) is 5.65 Å². The molecule has 0 aliphatic rings. The standard InChI is InChI=1S/C18H15BClN5O2/c20-14-7-3-12(4-8-14)16-15-17(21)22-10-23-18(15)25(24-16)9-11-1-5-13(6-2-11)19(26)27/h1-8,10,26-27H,9H2,(H2,21,22,23). The highest BCUT2D eigenvalue weighted by Crippen LogP contribution is 2.31. The van der Waals surface area contributed by atoms with E-state index in [-0.39, 0.29) is 0 Å². The second-order valence-electron chi connectivity index (χ2n) is 6.09. The zero-order chi connectivity index (χ0) is 19.0. The molecule has 2 aromatic heterocycles. The molecule has 27 heavy (non-hydrogen) atoms. The van der Waals surface area contributed by atoms with E-state index in [1.165, 1.54) is 6.33 Å². The third-order valence-electron chi connectivity index (χ3n) is 4.29. The second-order valence-corrected chi connectivity index (χ2v) is 6.52. The number of nitrogens with two attached hydrogens (primary N) is 1. The van der Waals surface area contributed by atoms with Crippen LogP contribution in [0.3, 0.4) is 0 Å². The van der Waals surface area contributed by atoms with Gasteiger partial charge in [0, 0.05) is 10.6 Å². The van der Waals surface area contributed by atoms with E-state index in [2.05, 4.69) is 9.97 Å². The van der Waals surface area contributed by atoms with Crippen molar-refractivity contribution >= 4 is 41.0 Å². The first-order valence-electron chi connectivity index (χ1n) is 8.21. The fourth-order valence-corrected chi connectivity index (χ4v) is 3.04. The molecule has 0 bridgehead atoms. The second kappa shape index (κ2) is 7.00. The van der Waals surface area contributed by atoms with Crippen molar-refractivity contribution in [2.75, 3.05) is 5.73 Å². The Morgan fingerprint density at radius 3 is 2.37 bits per heavy atom. The molecule has 0 saturated heterocycles. The van der Waals surface area contributed by atoms with Gasteiger partial charge in [-0.15, -0.1) is 0 Å². The zero-order valence-electron chi connectivity index (χ0n) is 14.1. The Labute approximate surface area is 160 Å². The first-order chi connectivity index (χ1) is 13.0. The molecule has 0 saturated carbocycles. The van der Waals surface area contributed by atoms with Crippen molar-refractivity contribution in [3.8, 4) is 11.3 Å². The van der Waals surface area contributed by atoms with Gasteiger partial charge < -0.3 is 15.8 Å². The van der Waals surface area contributed by atoms with Crippen LogP contribution in [0.2, 0.25) is 5.02 Å². The number of hydrogen-bond acceptors (Lipinski definition) is 6. The van der Waals surface area contributed by atoms with Crippen molar-refractivity contribution in [3.05, 3.63) is 65.4 Å². The normalized spacial score (nSPS) is 11.1. The van der Waals surface area contributed by atoms with Crippen LogP contribution in [0.25, 0.3) is 22.3 Å². The van der Waals surface area contributed by atoms with Crippen LogP contribution in [0.15, 0.2) is 54.9 Å². The topological polar surface area (TPSA) is 110 Å². The van der Waals surface area contributed by atoms with Gasteiger partial charge in [-0.2, -0.15) is 5.10 Å². The van der Waals surface area contributed by atoms with Crippen molar-refractivity contribution < 1.29 is 10.0 Å². The molecular formula is C18H15BClN5O2. The molecule has 7 nitrogen and oxygen atoms in total. The minimum Gasteiger partial charge on any atom is -0.423 e. The number of nitrogen functional groups attached to an aromatic ring is 1. The summed E-state index contributed by atoms with van der Waals surface area (Å²) in [6, 6.07) is 14.3. The average molecular weight is 380 g/mol. The number of rotatable bonds is 4. The van der Waals surface area contributed by atoms with Gasteiger partial charge in [0.05, 0.1) is 11.9 Å². The first kappa shape index (κ1) is 17.5. The molecule has 0 atom stereocenters. The Kier molecular flexibility index (Phi) is 4.53. The van der Waals surface area contributed by atoms with Crippen LogP contribution in [0, 0.1) is 0 Å². The quantitative estimate of drug-likeness (QED) is 0.463. The lowest BCUT2D eigenvalue weighted by atomic mass is 9.80. The number of nitrogens with zero attached hydrogens (tertiary/aromatic N) is 4. The summed E-state index contributed by atoms with van der Waals surface area (Å²) in [5.74, 6) is 0.356. The highest BCUT2D eigenvalue weighted by Gasteiger charge is 2.17. The van der Waals surface area contributed by atoms with Crippen LogP contribution >= 0.6 is 11.6 Å². The maximum atomic E-state index is 9.22. The lowest BCUT2D eigenvalue weighted by Gasteiger charge is -2.05. The molecule has 0 amide bonds. The summed E-state index contributed by atoms with van der Waals surface area (Å²) in [5, 5.41) is 24.5. The fraction of sp³-hybridized carbons (Fsp3) is 0.0556. The largest absolute Gasteiger partial charge is 0.488 e. The van der Waals surface area contributed by atoms with Gasteiger partial charge in [0.1, 0.15) is 17.8 Å². The summed E-state index contributed by atoms with van der Waals surface area (Å²) in [6.07, 6.45) is 1.41. The zero-order valence-corrected chi connectivity index (χ0v) is 14.9. The van der Waals surface area contributed by atoms with E-state index in [9.17, 15) is 10.0 Å². The molecule has 0 spiro atoms. The molecule has 0 aliphatic heterocycles. The van der Waals surface area contributed by atoms with Crippen molar-refractivity contribution in [3.63, 3.8) is 0 Å². The van der Waals surface area contributed by atoms with Gasteiger partial charge in [-0.25, -0.2) is 14.6 Å². The van der Waals surface area contributed by atoms with Crippen LogP contribution in [0.5, 0.6) is 0 Å². The SMILES string of the molecule is Nc1ncnc2c1c(-c1ccc(Cl)cc1)nn2Cc1ccc(B(O)O)cc1. The van der Waals surface area contributed by atoms with E-state index in [0.29, 0.717) is 39.6 Å². The Bertz CT molecular complexity index is 1100. The van der Waals surface area contributed by atoms with E-state index in [1.807, 2.05) is 24.3 Å². The Morgan fingerprint density at radius 1 is 1.00 bits per heavy atom. The van der Waals surface area contributed by atoms with Crippen LogP contribution in [-0.2, 0) is 6.54 Å². The number of halogens is 1. The average Bonchev–Trinajstić information content (AvgIpc) is 3.03. The number of benzene rings is 2. The lowest BCUT2D eigenvalue weighted by molar-refractivity contribution is 0.426. The first-order valence-corrected chi connectivity index (χ1v) is 8.58. The molecule has 0 unspecified atom stereocenters. The molecule has 9 heteroatoms. The Balaban J connectivity index is 1.79. The van der Waals surface area contributed by atoms with Crippen LogP contribution < -0.4 is 11.2 Å². The molecule has 0 aliphatic carbocycles. The maximum absolute atomic E-state index is 9.22. The van der Waals surface area contributed by atoms with E-state index < -0.39 is 7.12 Å². The Morgan fingerprint density at radius 2 is 1.70 bits per heavy atom. The van der Waals surface area contributed by atoms with Gasteiger partial charge in [0.25, 0.3) is 0 Å². The predicted molar refractivity (Wildman–Crippen MR) is 106 cm³/mol. The summed E-state index contributed by atoms with van der Waals surface area (Å²) < 4.78 is 1.75. The summed E-state index contributed by atoms with van der Waals surface area (Å²) in [7, 11) is -1.49. The molecule has 2 heterocycles. The maximum Gasteiger partial charge on any atom is 0.488 e.